The number of hydrogen-bond acceptors (Lipinski definition) is 3. The molecule has 0 fully saturated rings. The van der Waals surface area contributed by atoms with Gasteiger partial charge in [0.15, 0.2) is 0 Å². The van der Waals surface area contributed by atoms with E-state index in [1.165, 1.54) is 13.2 Å². The van der Waals surface area contributed by atoms with Crippen LogP contribution in [-0.2, 0) is 17.5 Å². The number of aliphatic imine (C=N–C) groups is 1. The van der Waals surface area contributed by atoms with Crippen molar-refractivity contribution in [2.24, 2.45) is 4.99 Å². The number of methoxy groups -OCH3 is 1. The van der Waals surface area contributed by atoms with E-state index < -0.39 is 11.7 Å². The number of nitrogens with zero attached hydrogens (tertiary/aromatic N) is 1. The van der Waals surface area contributed by atoms with Crippen LogP contribution in [0.1, 0.15) is 11.1 Å². The third-order valence-electron chi connectivity index (χ3n) is 1.97. The van der Waals surface area contributed by atoms with Crippen LogP contribution in [0.15, 0.2) is 21.6 Å². The lowest BCUT2D eigenvalue weighted by Crippen LogP contribution is -2.06. The second-order valence-corrected chi connectivity index (χ2v) is 3.91. The van der Waals surface area contributed by atoms with E-state index in [0.29, 0.717) is 0 Å². The van der Waals surface area contributed by atoms with Crippen molar-refractivity contribution < 1.29 is 22.7 Å². The summed E-state index contributed by atoms with van der Waals surface area (Å²) in [5.41, 5.74) is -0.668. The van der Waals surface area contributed by atoms with E-state index in [1.54, 1.807) is 0 Å². The van der Waals surface area contributed by atoms with Crippen molar-refractivity contribution in [3.05, 3.63) is 27.7 Å². The molecule has 17 heavy (non-hydrogen) atoms. The number of halogens is 4. The van der Waals surface area contributed by atoms with Crippen LogP contribution in [0.5, 0.6) is 5.75 Å². The number of ether oxygens (including phenoxy) is 1. The smallest absolute Gasteiger partial charge is 0.416 e. The lowest BCUT2D eigenvalue weighted by molar-refractivity contribution is -0.137. The van der Waals surface area contributed by atoms with Crippen LogP contribution in [0.4, 0.5) is 13.2 Å². The fourth-order valence-corrected chi connectivity index (χ4v) is 1.94. The van der Waals surface area contributed by atoms with Gasteiger partial charge >= 0.3 is 6.18 Å². The molecule has 0 saturated carbocycles. The SMILES string of the molecule is COc1c(Br)cc(C(F)(F)F)cc1CN=C=O. The Morgan fingerprint density at radius 2 is 2.12 bits per heavy atom. The molecule has 0 radical (unpaired) electrons. The zero-order chi connectivity index (χ0) is 13.1. The molecule has 1 rings (SSSR count). The molecule has 0 aromatic heterocycles. The second kappa shape index (κ2) is 5.33. The van der Waals surface area contributed by atoms with Gasteiger partial charge in [-0.15, -0.1) is 0 Å². The van der Waals surface area contributed by atoms with Crippen LogP contribution in [-0.4, -0.2) is 13.2 Å². The van der Waals surface area contributed by atoms with E-state index in [-0.39, 0.29) is 22.3 Å². The molecule has 0 N–H and O–H groups in total. The third kappa shape index (κ3) is 3.31. The van der Waals surface area contributed by atoms with Gasteiger partial charge in [0.2, 0.25) is 6.08 Å². The number of carbonyl (C=O) groups excluding carboxylic acids is 1. The van der Waals surface area contributed by atoms with Crippen LogP contribution in [0.3, 0.4) is 0 Å². The minimum Gasteiger partial charge on any atom is -0.495 e. The van der Waals surface area contributed by atoms with E-state index in [0.717, 1.165) is 12.1 Å². The van der Waals surface area contributed by atoms with Crippen molar-refractivity contribution in [2.45, 2.75) is 12.7 Å². The van der Waals surface area contributed by atoms with Crippen molar-refractivity contribution in [3.63, 3.8) is 0 Å². The molecule has 0 spiro atoms. The van der Waals surface area contributed by atoms with Gasteiger partial charge in [0.25, 0.3) is 0 Å². The Balaban J connectivity index is 3.33. The minimum absolute atomic E-state index is 0.158. The van der Waals surface area contributed by atoms with E-state index in [2.05, 4.69) is 20.9 Å². The molecule has 0 aliphatic rings. The molecule has 0 bridgehead atoms. The average molecular weight is 310 g/mol. The topological polar surface area (TPSA) is 38.7 Å². The molecule has 0 aliphatic carbocycles. The van der Waals surface area contributed by atoms with Gasteiger partial charge in [-0.3, -0.25) is 0 Å². The fraction of sp³-hybridized carbons (Fsp3) is 0.300. The lowest BCUT2D eigenvalue weighted by atomic mass is 10.1. The second-order valence-electron chi connectivity index (χ2n) is 3.06. The Hall–Kier alpha value is -1.33. The molecule has 0 aliphatic heterocycles. The van der Waals surface area contributed by atoms with E-state index >= 15 is 0 Å². The average Bonchev–Trinajstić information content (AvgIpc) is 2.24. The number of rotatable bonds is 3. The quantitative estimate of drug-likeness (QED) is 0.634. The first-order chi connectivity index (χ1) is 7.90. The molecule has 0 atom stereocenters. The number of hydrogen-bond donors (Lipinski definition) is 0. The maximum absolute atomic E-state index is 12.5. The number of isocyanates is 1. The van der Waals surface area contributed by atoms with Gasteiger partial charge in [0.05, 0.1) is 23.7 Å². The van der Waals surface area contributed by atoms with Crippen molar-refractivity contribution in [1.29, 1.82) is 0 Å². The summed E-state index contributed by atoms with van der Waals surface area (Å²) in [7, 11) is 1.32. The Kier molecular flexibility index (Phi) is 4.31. The highest BCUT2D eigenvalue weighted by molar-refractivity contribution is 9.10. The number of benzene rings is 1. The Morgan fingerprint density at radius 3 is 2.59 bits per heavy atom. The molecular weight excluding hydrogens is 303 g/mol. The maximum atomic E-state index is 12.5. The van der Waals surface area contributed by atoms with Gasteiger partial charge < -0.3 is 4.74 Å². The largest absolute Gasteiger partial charge is 0.495 e. The molecular formula is C10H7BrF3NO2. The summed E-state index contributed by atoms with van der Waals surface area (Å²) in [6.07, 6.45) is -3.20. The van der Waals surface area contributed by atoms with E-state index in [1.807, 2.05) is 0 Å². The van der Waals surface area contributed by atoms with Gasteiger partial charge in [0.1, 0.15) is 5.75 Å². The van der Waals surface area contributed by atoms with Crippen molar-refractivity contribution in [3.8, 4) is 5.75 Å². The van der Waals surface area contributed by atoms with Gasteiger partial charge in [-0.05, 0) is 28.1 Å². The summed E-state index contributed by atoms with van der Waals surface area (Å²) < 4.78 is 42.7. The highest BCUT2D eigenvalue weighted by Gasteiger charge is 2.32. The van der Waals surface area contributed by atoms with Crippen LogP contribution < -0.4 is 4.74 Å². The first-order valence-electron chi connectivity index (χ1n) is 4.37. The summed E-state index contributed by atoms with van der Waals surface area (Å²) in [5.74, 6) is 0.219. The predicted octanol–water partition coefficient (Wildman–Crippen LogP) is 3.31. The van der Waals surface area contributed by atoms with Crippen LogP contribution in [0, 0.1) is 0 Å². The van der Waals surface area contributed by atoms with Crippen molar-refractivity contribution in [2.75, 3.05) is 7.11 Å². The van der Waals surface area contributed by atoms with E-state index in [4.69, 9.17) is 4.74 Å². The standard InChI is InChI=1S/C10H7BrF3NO2/c1-17-9-6(4-15-5-16)2-7(3-8(9)11)10(12,13)14/h2-3H,4H2,1H3. The first kappa shape index (κ1) is 13.7. The Morgan fingerprint density at radius 1 is 1.47 bits per heavy atom. The Bertz CT molecular complexity index is 467. The predicted molar refractivity (Wildman–Crippen MR) is 57.5 cm³/mol. The third-order valence-corrected chi connectivity index (χ3v) is 2.55. The van der Waals surface area contributed by atoms with Gasteiger partial charge in [0, 0.05) is 5.56 Å². The monoisotopic (exact) mass is 309 g/mol. The molecule has 1 aromatic rings. The highest BCUT2D eigenvalue weighted by atomic mass is 79.9. The summed E-state index contributed by atoms with van der Waals surface area (Å²) >= 11 is 2.98. The van der Waals surface area contributed by atoms with Gasteiger partial charge in [-0.2, -0.15) is 13.2 Å². The van der Waals surface area contributed by atoms with Crippen molar-refractivity contribution >= 4 is 22.0 Å². The maximum Gasteiger partial charge on any atom is 0.416 e. The molecule has 3 nitrogen and oxygen atoms in total. The van der Waals surface area contributed by atoms with Gasteiger partial charge in [-0.1, -0.05) is 0 Å². The van der Waals surface area contributed by atoms with Gasteiger partial charge in [-0.25, -0.2) is 9.79 Å². The molecule has 1 aromatic carbocycles. The molecule has 92 valence electrons. The molecule has 0 unspecified atom stereocenters. The molecule has 0 saturated heterocycles. The lowest BCUT2D eigenvalue weighted by Gasteiger charge is -2.13. The first-order valence-corrected chi connectivity index (χ1v) is 5.16. The summed E-state index contributed by atoms with van der Waals surface area (Å²) in [6.45, 7) is -0.213. The zero-order valence-electron chi connectivity index (χ0n) is 8.64. The van der Waals surface area contributed by atoms with Crippen LogP contribution in [0.25, 0.3) is 0 Å². The number of alkyl halides is 3. The molecule has 7 heteroatoms. The minimum atomic E-state index is -4.46. The molecule has 0 amide bonds. The zero-order valence-corrected chi connectivity index (χ0v) is 10.2. The fourth-order valence-electron chi connectivity index (χ4n) is 1.28. The highest BCUT2D eigenvalue weighted by Crippen LogP contribution is 2.37. The van der Waals surface area contributed by atoms with Crippen LogP contribution in [0.2, 0.25) is 0 Å². The van der Waals surface area contributed by atoms with Crippen molar-refractivity contribution in [1.82, 2.24) is 0 Å². The summed E-state index contributed by atoms with van der Waals surface area (Å²) in [6, 6.07) is 1.80. The normalized spacial score (nSPS) is 10.9. The van der Waals surface area contributed by atoms with Crippen LogP contribution >= 0.6 is 15.9 Å². The van der Waals surface area contributed by atoms with E-state index in [9.17, 15) is 18.0 Å². The summed E-state index contributed by atoms with van der Waals surface area (Å²) in [5, 5.41) is 0. The molecule has 0 heterocycles. The summed E-state index contributed by atoms with van der Waals surface area (Å²) in [4.78, 5) is 13.2. The Labute approximate surface area is 103 Å².